The number of fused-ring (bicyclic) bond motifs is 1. The fourth-order valence-corrected chi connectivity index (χ4v) is 3.80. The first-order chi connectivity index (χ1) is 15.1. The van der Waals surface area contributed by atoms with Crippen LogP contribution in [0, 0.1) is 5.92 Å². The molecule has 2 aliphatic rings. The van der Waals surface area contributed by atoms with E-state index in [-0.39, 0.29) is 39.2 Å². The number of urea groups is 1. The van der Waals surface area contributed by atoms with Crippen LogP contribution in [0.1, 0.15) is 19.4 Å². The second kappa shape index (κ2) is 8.22. The molecule has 2 aliphatic heterocycles. The number of nitrogens with zero attached hydrogens (tertiary/aromatic N) is 2. The van der Waals surface area contributed by atoms with Crippen LogP contribution in [0.15, 0.2) is 53.8 Å². The Bertz CT molecular complexity index is 1210. The molecular weight excluding hydrogens is 453 g/mol. The third-order valence-corrected chi connectivity index (χ3v) is 5.25. The maximum absolute atomic E-state index is 12.3. The fourth-order valence-electron chi connectivity index (χ4n) is 3.25. The van der Waals surface area contributed by atoms with Gasteiger partial charge in [-0.2, -0.15) is 5.01 Å². The van der Waals surface area contributed by atoms with E-state index >= 15 is 0 Å². The lowest BCUT2D eigenvalue weighted by Crippen LogP contribution is -2.45. The van der Waals surface area contributed by atoms with Gasteiger partial charge in [-0.25, -0.2) is 4.79 Å². The molecule has 0 unspecified atom stereocenters. The zero-order valence-electron chi connectivity index (χ0n) is 17.2. The van der Waals surface area contributed by atoms with Gasteiger partial charge < -0.3 is 21.1 Å². The quantitative estimate of drug-likeness (QED) is 0.539. The Morgan fingerprint density at radius 3 is 2.50 bits per heavy atom. The van der Waals surface area contributed by atoms with Gasteiger partial charge in [0.2, 0.25) is 0 Å². The summed E-state index contributed by atoms with van der Waals surface area (Å²) < 4.78 is 5.94. The summed E-state index contributed by atoms with van der Waals surface area (Å²) in [5, 5.41) is 10.7. The standard InChI is InChI=1S/C22H19Cl2N5O3/c1-10(2)6-15-14-9-13(4-5-18(14)27-21(15)30)32-19-16(23)7-12(8-17(19)24)29-22(31)26-11(3)20(25)28-29/h4-10H,3H2,1-2H3,(H2,25,28)(H,26,31)(H,27,30)/b15-6-. The van der Waals surface area contributed by atoms with Gasteiger partial charge in [-0.15, -0.1) is 5.10 Å². The number of hydrogen-bond acceptors (Lipinski definition) is 5. The molecule has 2 aromatic carbocycles. The number of hydrazone groups is 1. The van der Waals surface area contributed by atoms with Crippen molar-refractivity contribution < 1.29 is 14.3 Å². The number of carbonyl (C=O) groups excluding carboxylic acids is 2. The number of carbonyl (C=O) groups is 2. The molecule has 0 saturated heterocycles. The maximum atomic E-state index is 12.3. The van der Waals surface area contributed by atoms with Crippen molar-refractivity contribution >= 4 is 57.9 Å². The van der Waals surface area contributed by atoms with Crippen molar-refractivity contribution in [2.24, 2.45) is 16.8 Å². The van der Waals surface area contributed by atoms with Crippen LogP contribution in [0.5, 0.6) is 11.5 Å². The number of amidine groups is 1. The Hall–Kier alpha value is -3.49. The van der Waals surface area contributed by atoms with E-state index in [4.69, 9.17) is 33.7 Å². The summed E-state index contributed by atoms with van der Waals surface area (Å²) in [5.41, 5.74) is 8.27. The maximum Gasteiger partial charge on any atom is 0.347 e. The summed E-state index contributed by atoms with van der Waals surface area (Å²) in [7, 11) is 0. The van der Waals surface area contributed by atoms with Gasteiger partial charge in [-0.05, 0) is 36.2 Å². The highest BCUT2D eigenvalue weighted by Crippen LogP contribution is 2.42. The monoisotopic (exact) mass is 471 g/mol. The summed E-state index contributed by atoms with van der Waals surface area (Å²) in [4.78, 5) is 24.5. The van der Waals surface area contributed by atoms with Crippen molar-refractivity contribution in [2.75, 3.05) is 10.3 Å². The van der Waals surface area contributed by atoms with Crippen molar-refractivity contribution in [1.29, 1.82) is 0 Å². The Morgan fingerprint density at radius 2 is 1.84 bits per heavy atom. The molecule has 0 aromatic heterocycles. The molecule has 0 atom stereocenters. The van der Waals surface area contributed by atoms with E-state index in [1.807, 2.05) is 19.9 Å². The molecule has 4 rings (SSSR count). The third-order valence-electron chi connectivity index (χ3n) is 4.69. The van der Waals surface area contributed by atoms with Gasteiger partial charge in [0.05, 0.1) is 21.4 Å². The molecule has 8 nitrogen and oxygen atoms in total. The summed E-state index contributed by atoms with van der Waals surface area (Å²) in [6, 6.07) is 7.61. The van der Waals surface area contributed by atoms with E-state index in [1.54, 1.807) is 18.2 Å². The predicted octanol–water partition coefficient (Wildman–Crippen LogP) is 5.09. The van der Waals surface area contributed by atoms with Crippen LogP contribution in [0.25, 0.3) is 5.57 Å². The highest BCUT2D eigenvalue weighted by atomic mass is 35.5. The van der Waals surface area contributed by atoms with Crippen LogP contribution >= 0.6 is 23.2 Å². The summed E-state index contributed by atoms with van der Waals surface area (Å²) in [6.07, 6.45) is 1.89. The molecule has 0 bridgehead atoms. The lowest BCUT2D eigenvalue weighted by Gasteiger charge is -2.24. The minimum atomic E-state index is -0.551. The number of rotatable bonds is 4. The van der Waals surface area contributed by atoms with Gasteiger partial charge in [-0.1, -0.05) is 49.7 Å². The lowest BCUT2D eigenvalue weighted by molar-refractivity contribution is -0.110. The summed E-state index contributed by atoms with van der Waals surface area (Å²) in [5.74, 6) is 0.740. The Morgan fingerprint density at radius 1 is 1.16 bits per heavy atom. The van der Waals surface area contributed by atoms with Crippen LogP contribution < -0.4 is 26.1 Å². The Labute approximate surface area is 194 Å². The van der Waals surface area contributed by atoms with Crippen LogP contribution in [-0.2, 0) is 4.79 Å². The fraction of sp³-hybridized carbons (Fsp3) is 0.136. The Balaban J connectivity index is 1.66. The molecule has 0 saturated carbocycles. The Kier molecular flexibility index (Phi) is 5.58. The first-order valence-corrected chi connectivity index (χ1v) is 10.4. The van der Waals surface area contributed by atoms with Crippen LogP contribution in [-0.4, -0.2) is 17.8 Å². The minimum Gasteiger partial charge on any atom is -0.454 e. The van der Waals surface area contributed by atoms with Crippen LogP contribution in [0.3, 0.4) is 0 Å². The number of nitrogens with two attached hydrogens (primary N) is 1. The molecular formula is C22H19Cl2N5O3. The first-order valence-electron chi connectivity index (χ1n) is 9.63. The molecule has 164 valence electrons. The molecule has 2 aromatic rings. The van der Waals surface area contributed by atoms with Gasteiger partial charge in [0.25, 0.3) is 5.91 Å². The molecule has 0 radical (unpaired) electrons. The van der Waals surface area contributed by atoms with Gasteiger partial charge in [0, 0.05) is 16.8 Å². The number of amides is 3. The average molecular weight is 472 g/mol. The molecule has 0 aliphatic carbocycles. The van der Waals surface area contributed by atoms with E-state index in [9.17, 15) is 9.59 Å². The third kappa shape index (κ3) is 4.02. The minimum absolute atomic E-state index is 0.0590. The zero-order valence-corrected chi connectivity index (χ0v) is 18.7. The van der Waals surface area contributed by atoms with E-state index in [0.717, 1.165) is 10.6 Å². The van der Waals surface area contributed by atoms with Crippen molar-refractivity contribution in [3.63, 3.8) is 0 Å². The lowest BCUT2D eigenvalue weighted by atomic mass is 10.0. The molecule has 32 heavy (non-hydrogen) atoms. The normalized spacial score (nSPS) is 16.8. The van der Waals surface area contributed by atoms with Crippen LogP contribution in [0.2, 0.25) is 10.0 Å². The molecule has 10 heteroatoms. The number of hydrogen-bond donors (Lipinski definition) is 3. The number of ether oxygens (including phenoxy) is 1. The number of benzene rings is 2. The smallest absolute Gasteiger partial charge is 0.347 e. The van der Waals surface area contributed by atoms with E-state index < -0.39 is 6.03 Å². The largest absolute Gasteiger partial charge is 0.454 e. The second-order valence-electron chi connectivity index (χ2n) is 7.53. The van der Waals surface area contributed by atoms with Gasteiger partial charge in [0.1, 0.15) is 5.75 Å². The van der Waals surface area contributed by atoms with Crippen molar-refractivity contribution in [3.8, 4) is 11.5 Å². The van der Waals surface area contributed by atoms with E-state index in [2.05, 4.69) is 22.3 Å². The van der Waals surface area contributed by atoms with E-state index in [0.29, 0.717) is 22.7 Å². The molecule has 4 N–H and O–H groups in total. The molecule has 0 spiro atoms. The summed E-state index contributed by atoms with van der Waals surface area (Å²) in [6.45, 7) is 7.60. The molecule has 3 amide bonds. The van der Waals surface area contributed by atoms with Crippen LogP contribution in [0.4, 0.5) is 16.2 Å². The zero-order chi connectivity index (χ0) is 23.2. The number of anilines is 2. The topological polar surface area (TPSA) is 109 Å². The average Bonchev–Trinajstić information content (AvgIpc) is 3.01. The predicted molar refractivity (Wildman–Crippen MR) is 126 cm³/mol. The molecule has 2 heterocycles. The van der Waals surface area contributed by atoms with Crippen molar-refractivity contribution in [2.45, 2.75) is 13.8 Å². The van der Waals surface area contributed by atoms with E-state index in [1.165, 1.54) is 12.1 Å². The van der Waals surface area contributed by atoms with Gasteiger partial charge in [0.15, 0.2) is 11.6 Å². The van der Waals surface area contributed by atoms with Gasteiger partial charge in [-0.3, -0.25) is 4.79 Å². The summed E-state index contributed by atoms with van der Waals surface area (Å²) >= 11 is 12.8. The number of allylic oxidation sites excluding steroid dienone is 1. The van der Waals surface area contributed by atoms with Gasteiger partial charge >= 0.3 is 6.03 Å². The molecule has 0 fully saturated rings. The highest BCUT2D eigenvalue weighted by molar-refractivity contribution is 6.38. The first kappa shape index (κ1) is 21.7. The van der Waals surface area contributed by atoms with Crippen molar-refractivity contribution in [1.82, 2.24) is 5.32 Å². The highest BCUT2D eigenvalue weighted by Gasteiger charge is 2.27. The number of nitrogens with one attached hydrogen (secondary N) is 2. The second-order valence-corrected chi connectivity index (χ2v) is 8.35. The number of halogens is 2. The van der Waals surface area contributed by atoms with Crippen molar-refractivity contribution in [3.05, 3.63) is 64.3 Å². The SMILES string of the molecule is C=C1NC(=O)N(c2cc(Cl)c(Oc3ccc4c(c3)/C(=C/C(C)C)C(=O)N4)c(Cl)c2)N=C1N.